The molecule has 1 atom stereocenters. The van der Waals surface area contributed by atoms with Crippen LogP contribution in [0.4, 0.5) is 0 Å². The second-order valence-electron chi connectivity index (χ2n) is 7.42. The molecule has 0 aromatic heterocycles. The summed E-state index contributed by atoms with van der Waals surface area (Å²) in [5.41, 5.74) is -0.228. The normalized spacial score (nSPS) is 24.6. The van der Waals surface area contributed by atoms with E-state index in [1.807, 2.05) is 18.0 Å². The van der Waals surface area contributed by atoms with Crippen molar-refractivity contribution in [3.63, 3.8) is 0 Å². The quantitative estimate of drug-likeness (QED) is 0.760. The summed E-state index contributed by atoms with van der Waals surface area (Å²) in [5.74, 6) is 0.310. The lowest BCUT2D eigenvalue weighted by Gasteiger charge is -2.44. The fourth-order valence-electron chi connectivity index (χ4n) is 3.97. The molecule has 8 nitrogen and oxygen atoms in total. The van der Waals surface area contributed by atoms with Crippen LogP contribution < -0.4 is 15.4 Å². The van der Waals surface area contributed by atoms with Crippen LogP contribution in [-0.2, 0) is 9.59 Å². The zero-order valence-electron chi connectivity index (χ0n) is 15.4. The largest absolute Gasteiger partial charge is 0.467 e. The van der Waals surface area contributed by atoms with Crippen molar-refractivity contribution < 1.29 is 19.1 Å². The van der Waals surface area contributed by atoms with Gasteiger partial charge in [0, 0.05) is 39.0 Å². The summed E-state index contributed by atoms with van der Waals surface area (Å²) in [6.07, 6.45) is 1.21. The number of para-hydroxylation sites is 1. The molecule has 2 saturated heterocycles. The Morgan fingerprint density at radius 1 is 1.22 bits per heavy atom. The molecule has 3 amide bonds. The van der Waals surface area contributed by atoms with Crippen LogP contribution in [0.1, 0.15) is 29.6 Å². The van der Waals surface area contributed by atoms with E-state index in [0.717, 1.165) is 6.54 Å². The molecule has 2 N–H and O–H groups in total. The van der Waals surface area contributed by atoms with Gasteiger partial charge in [0.1, 0.15) is 5.75 Å². The van der Waals surface area contributed by atoms with Gasteiger partial charge in [0.15, 0.2) is 5.72 Å². The third-order valence-corrected chi connectivity index (χ3v) is 5.67. The van der Waals surface area contributed by atoms with Crippen LogP contribution in [-0.4, -0.2) is 72.5 Å². The average Bonchev–Trinajstić information content (AvgIpc) is 2.65. The first-order valence-electron chi connectivity index (χ1n) is 9.34. The van der Waals surface area contributed by atoms with Crippen LogP contribution in [0.3, 0.4) is 0 Å². The molecule has 3 aliphatic rings. The number of piperidine rings is 1. The second-order valence-corrected chi connectivity index (χ2v) is 7.42. The van der Waals surface area contributed by atoms with E-state index in [1.54, 1.807) is 23.1 Å². The predicted molar refractivity (Wildman–Crippen MR) is 97.1 cm³/mol. The Morgan fingerprint density at radius 2 is 1.96 bits per heavy atom. The minimum Gasteiger partial charge on any atom is -0.467 e. The Kier molecular flexibility index (Phi) is 4.51. The van der Waals surface area contributed by atoms with E-state index in [-0.39, 0.29) is 24.1 Å². The van der Waals surface area contributed by atoms with Crippen LogP contribution in [0.25, 0.3) is 0 Å². The standard InChI is InChI=1S/C19H24N4O4/c1-22-11-8-20-18(26)14(22)12-16(24)23-9-6-19(7-10-23)21-17(25)13-4-2-3-5-15(13)27-19/h2-5,14H,6-12H2,1H3,(H,20,26)(H,21,25)/t14-/m0/s1. The van der Waals surface area contributed by atoms with Crippen LogP contribution in [0.15, 0.2) is 24.3 Å². The van der Waals surface area contributed by atoms with Crippen molar-refractivity contribution in [3.8, 4) is 5.75 Å². The lowest BCUT2D eigenvalue weighted by Crippen LogP contribution is -2.62. The SMILES string of the molecule is CN1CCNC(=O)[C@@H]1CC(=O)N1CCC2(CC1)NC(=O)c1ccccc1O2. The summed E-state index contributed by atoms with van der Waals surface area (Å²) >= 11 is 0. The number of nitrogens with zero attached hydrogens (tertiary/aromatic N) is 2. The third kappa shape index (κ3) is 3.37. The van der Waals surface area contributed by atoms with Gasteiger partial charge in [0.2, 0.25) is 11.8 Å². The Morgan fingerprint density at radius 3 is 2.70 bits per heavy atom. The number of likely N-dealkylation sites (tertiary alicyclic amines) is 1. The number of amides is 3. The molecule has 8 heteroatoms. The third-order valence-electron chi connectivity index (χ3n) is 5.67. The number of hydrogen-bond donors (Lipinski definition) is 2. The van der Waals surface area contributed by atoms with Gasteiger partial charge < -0.3 is 20.3 Å². The summed E-state index contributed by atoms with van der Waals surface area (Å²) in [4.78, 5) is 40.8. The van der Waals surface area contributed by atoms with Crippen molar-refractivity contribution in [3.05, 3.63) is 29.8 Å². The highest BCUT2D eigenvalue weighted by molar-refractivity contribution is 5.98. The van der Waals surface area contributed by atoms with Gasteiger partial charge in [-0.15, -0.1) is 0 Å². The summed E-state index contributed by atoms with van der Waals surface area (Å²) in [6, 6.07) is 6.77. The zero-order chi connectivity index (χ0) is 19.0. The van der Waals surface area contributed by atoms with E-state index >= 15 is 0 Å². The van der Waals surface area contributed by atoms with Crippen molar-refractivity contribution in [1.82, 2.24) is 20.4 Å². The van der Waals surface area contributed by atoms with Crippen LogP contribution in [0, 0.1) is 0 Å². The highest BCUT2D eigenvalue weighted by atomic mass is 16.5. The van der Waals surface area contributed by atoms with Crippen molar-refractivity contribution in [2.24, 2.45) is 0 Å². The first-order valence-corrected chi connectivity index (χ1v) is 9.34. The number of rotatable bonds is 2. The lowest BCUT2D eigenvalue weighted by atomic mass is 9.96. The maximum atomic E-state index is 12.7. The molecule has 0 aliphatic carbocycles. The van der Waals surface area contributed by atoms with Crippen molar-refractivity contribution in [1.29, 1.82) is 0 Å². The zero-order valence-corrected chi connectivity index (χ0v) is 15.4. The van der Waals surface area contributed by atoms with Crippen molar-refractivity contribution in [2.45, 2.75) is 31.0 Å². The van der Waals surface area contributed by atoms with E-state index in [1.165, 1.54) is 0 Å². The van der Waals surface area contributed by atoms with Gasteiger partial charge in [-0.1, -0.05) is 12.1 Å². The van der Waals surface area contributed by atoms with Gasteiger partial charge >= 0.3 is 0 Å². The summed E-state index contributed by atoms with van der Waals surface area (Å²) < 4.78 is 6.10. The smallest absolute Gasteiger partial charge is 0.258 e. The Bertz CT molecular complexity index is 773. The molecule has 4 rings (SSSR count). The van der Waals surface area contributed by atoms with Gasteiger partial charge in [0.05, 0.1) is 18.0 Å². The molecule has 1 aromatic rings. The predicted octanol–water partition coefficient (Wildman–Crippen LogP) is -0.0522. The summed E-state index contributed by atoms with van der Waals surface area (Å²) in [7, 11) is 1.87. The summed E-state index contributed by atoms with van der Waals surface area (Å²) in [5, 5.41) is 5.78. The van der Waals surface area contributed by atoms with E-state index in [0.29, 0.717) is 43.8 Å². The minimum absolute atomic E-state index is 0.0405. The molecule has 144 valence electrons. The fraction of sp³-hybridized carbons (Fsp3) is 0.526. The number of nitrogens with one attached hydrogen (secondary N) is 2. The molecule has 0 unspecified atom stereocenters. The molecule has 2 fully saturated rings. The number of piperazine rings is 1. The molecule has 3 heterocycles. The maximum Gasteiger partial charge on any atom is 0.258 e. The monoisotopic (exact) mass is 372 g/mol. The number of carbonyl (C=O) groups excluding carboxylic acids is 3. The highest BCUT2D eigenvalue weighted by Gasteiger charge is 2.43. The van der Waals surface area contributed by atoms with Gasteiger partial charge in [-0.3, -0.25) is 19.3 Å². The van der Waals surface area contributed by atoms with E-state index in [4.69, 9.17) is 4.74 Å². The van der Waals surface area contributed by atoms with E-state index in [2.05, 4.69) is 10.6 Å². The molecule has 0 bridgehead atoms. The fourth-order valence-corrected chi connectivity index (χ4v) is 3.97. The molecular weight excluding hydrogens is 348 g/mol. The molecule has 1 aromatic carbocycles. The minimum atomic E-state index is -0.763. The van der Waals surface area contributed by atoms with Gasteiger partial charge in [-0.2, -0.15) is 0 Å². The molecule has 0 saturated carbocycles. The lowest BCUT2D eigenvalue weighted by molar-refractivity contribution is -0.141. The number of ether oxygens (including phenoxy) is 1. The van der Waals surface area contributed by atoms with Crippen LogP contribution in [0.2, 0.25) is 0 Å². The number of benzene rings is 1. The van der Waals surface area contributed by atoms with Gasteiger partial charge in [0.25, 0.3) is 5.91 Å². The molecule has 27 heavy (non-hydrogen) atoms. The second kappa shape index (κ2) is 6.84. The topological polar surface area (TPSA) is 91.0 Å². The maximum absolute atomic E-state index is 12.7. The number of likely N-dealkylation sites (N-methyl/N-ethyl adjacent to an activating group) is 1. The summed E-state index contributed by atoms with van der Waals surface area (Å²) in [6.45, 7) is 2.33. The molecule has 3 aliphatic heterocycles. The molecule has 0 radical (unpaired) electrons. The number of carbonyl (C=O) groups is 3. The Balaban J connectivity index is 1.38. The number of fused-ring (bicyclic) bond motifs is 1. The van der Waals surface area contributed by atoms with Crippen molar-refractivity contribution in [2.75, 3.05) is 33.2 Å². The average molecular weight is 372 g/mol. The van der Waals surface area contributed by atoms with Crippen LogP contribution in [0.5, 0.6) is 5.75 Å². The molecule has 1 spiro atoms. The first kappa shape index (κ1) is 17.8. The van der Waals surface area contributed by atoms with Crippen LogP contribution >= 0.6 is 0 Å². The van der Waals surface area contributed by atoms with E-state index < -0.39 is 11.8 Å². The van der Waals surface area contributed by atoms with Gasteiger partial charge in [-0.25, -0.2) is 0 Å². The van der Waals surface area contributed by atoms with Gasteiger partial charge in [-0.05, 0) is 19.2 Å². The van der Waals surface area contributed by atoms with Crippen molar-refractivity contribution >= 4 is 17.7 Å². The first-order chi connectivity index (χ1) is 13.0. The number of hydrogen-bond acceptors (Lipinski definition) is 5. The van der Waals surface area contributed by atoms with E-state index in [9.17, 15) is 14.4 Å². The highest BCUT2D eigenvalue weighted by Crippen LogP contribution is 2.33. The Hall–Kier alpha value is -2.61. The Labute approximate surface area is 157 Å². The molecular formula is C19H24N4O4.